The van der Waals surface area contributed by atoms with E-state index in [1.807, 2.05) is 19.9 Å². The van der Waals surface area contributed by atoms with Crippen molar-refractivity contribution in [3.8, 4) is 5.95 Å². The Morgan fingerprint density at radius 3 is 2.31 bits per heavy atom. The minimum atomic E-state index is -3.26. The molecule has 0 spiro atoms. The molecule has 2 aromatic rings. The van der Waals surface area contributed by atoms with Crippen molar-refractivity contribution in [2.24, 2.45) is 5.92 Å². The maximum absolute atomic E-state index is 12.4. The number of hydrogen-bond donors (Lipinski definition) is 1. The lowest BCUT2D eigenvalue weighted by atomic mass is 9.98. The molecule has 12 heteroatoms. The van der Waals surface area contributed by atoms with Gasteiger partial charge in [-0.05, 0) is 46.6 Å². The number of anilines is 1. The summed E-state index contributed by atoms with van der Waals surface area (Å²) in [4.78, 5) is 33.4. The smallest absolute Gasteiger partial charge is 0.309 e. The van der Waals surface area contributed by atoms with Crippen LogP contribution in [0.4, 0.5) is 5.82 Å². The van der Waals surface area contributed by atoms with E-state index < -0.39 is 34.4 Å². The molecule has 1 aliphatic heterocycles. The molecule has 1 N–H and O–H groups in total. The second-order valence-corrected chi connectivity index (χ2v) is 10.0. The second-order valence-electron chi connectivity index (χ2n) is 7.76. The first-order valence-corrected chi connectivity index (χ1v) is 12.0. The predicted molar refractivity (Wildman–Crippen MR) is 117 cm³/mol. The number of ether oxygens (including phenoxy) is 1. The lowest BCUT2D eigenvalue weighted by molar-refractivity contribution is -0.152. The van der Waals surface area contributed by atoms with Gasteiger partial charge in [0.15, 0.2) is 6.61 Å². The topological polar surface area (TPSA) is 136 Å². The second kappa shape index (κ2) is 9.74. The monoisotopic (exact) mass is 464 g/mol. The Balaban J connectivity index is 1.56. The number of rotatable bonds is 7. The molecular weight excluding hydrogens is 436 g/mol. The average molecular weight is 465 g/mol. The van der Waals surface area contributed by atoms with Gasteiger partial charge in [0, 0.05) is 30.5 Å². The average Bonchev–Trinajstić information content (AvgIpc) is 3.11. The van der Waals surface area contributed by atoms with Crippen molar-refractivity contribution >= 4 is 27.7 Å². The zero-order chi connectivity index (χ0) is 23.5. The van der Waals surface area contributed by atoms with Crippen molar-refractivity contribution in [1.82, 2.24) is 24.1 Å². The Hall–Kier alpha value is -2.86. The molecule has 0 aromatic carbocycles. The van der Waals surface area contributed by atoms with Gasteiger partial charge < -0.3 is 10.1 Å². The Kier molecular flexibility index (Phi) is 7.24. The molecule has 3 heterocycles. The molecule has 11 nitrogen and oxygen atoms in total. The van der Waals surface area contributed by atoms with Gasteiger partial charge in [-0.15, -0.1) is 0 Å². The maximum atomic E-state index is 12.4. The van der Waals surface area contributed by atoms with Crippen LogP contribution in [0.1, 0.15) is 36.8 Å². The summed E-state index contributed by atoms with van der Waals surface area (Å²) in [6.07, 6.45) is 0.741. The number of hydrogen-bond acceptors (Lipinski definition) is 8. The van der Waals surface area contributed by atoms with E-state index in [1.165, 1.54) is 8.99 Å². The van der Waals surface area contributed by atoms with Crippen molar-refractivity contribution in [2.75, 3.05) is 30.8 Å². The van der Waals surface area contributed by atoms with Crippen LogP contribution in [0.15, 0.2) is 12.1 Å². The summed E-state index contributed by atoms with van der Waals surface area (Å²) in [5.74, 6) is -0.720. The fraction of sp³-hybridized carbons (Fsp3) is 0.550. The van der Waals surface area contributed by atoms with Crippen LogP contribution in [0.5, 0.6) is 0 Å². The largest absolute Gasteiger partial charge is 0.455 e. The summed E-state index contributed by atoms with van der Waals surface area (Å²) in [6, 6.07) is 3.50. The summed E-state index contributed by atoms with van der Waals surface area (Å²) < 4.78 is 31.9. The molecule has 0 bridgehead atoms. The number of nitrogens with one attached hydrogen (secondary N) is 1. The summed E-state index contributed by atoms with van der Waals surface area (Å²) in [7, 11) is -3.26. The highest BCUT2D eigenvalue weighted by molar-refractivity contribution is 7.89. The first-order valence-electron chi connectivity index (χ1n) is 10.4. The number of esters is 1. The first-order chi connectivity index (χ1) is 15.1. The van der Waals surface area contributed by atoms with E-state index >= 15 is 0 Å². The Morgan fingerprint density at radius 2 is 1.72 bits per heavy atom. The SMILES string of the molecule is CCS(=O)(=O)N1CCC(C(=O)OCC(=O)Nc2cc(C)nn2-c2nc(C)cc(C)n2)CC1. The van der Waals surface area contributed by atoms with Gasteiger partial charge in [-0.2, -0.15) is 9.78 Å². The Morgan fingerprint density at radius 1 is 1.09 bits per heavy atom. The van der Waals surface area contributed by atoms with Gasteiger partial charge in [-0.3, -0.25) is 9.59 Å². The van der Waals surface area contributed by atoms with Crippen LogP contribution >= 0.6 is 0 Å². The highest BCUT2D eigenvalue weighted by Gasteiger charge is 2.31. The number of carbonyl (C=O) groups excluding carboxylic acids is 2. The molecule has 32 heavy (non-hydrogen) atoms. The number of aromatic nitrogens is 4. The third-order valence-electron chi connectivity index (χ3n) is 5.15. The summed E-state index contributed by atoms with van der Waals surface area (Å²) in [6.45, 7) is 7.15. The Labute approximate surface area is 187 Å². The van der Waals surface area contributed by atoms with Crippen molar-refractivity contribution in [1.29, 1.82) is 0 Å². The fourth-order valence-electron chi connectivity index (χ4n) is 3.53. The molecule has 1 aliphatic rings. The molecule has 3 rings (SSSR count). The number of amides is 1. The summed E-state index contributed by atoms with van der Waals surface area (Å²) in [5.41, 5.74) is 2.20. The van der Waals surface area contributed by atoms with Crippen molar-refractivity contribution < 1.29 is 22.7 Å². The van der Waals surface area contributed by atoms with Gasteiger partial charge >= 0.3 is 5.97 Å². The van der Waals surface area contributed by atoms with Crippen LogP contribution < -0.4 is 5.32 Å². The van der Waals surface area contributed by atoms with Crippen molar-refractivity contribution in [2.45, 2.75) is 40.5 Å². The van der Waals surface area contributed by atoms with Gasteiger partial charge in [0.25, 0.3) is 11.9 Å². The van der Waals surface area contributed by atoms with E-state index in [2.05, 4.69) is 20.4 Å². The molecule has 0 unspecified atom stereocenters. The maximum Gasteiger partial charge on any atom is 0.309 e. The molecule has 1 amide bonds. The van der Waals surface area contributed by atoms with Gasteiger partial charge in [-0.1, -0.05) is 0 Å². The Bertz CT molecular complexity index is 1090. The van der Waals surface area contributed by atoms with Crippen molar-refractivity contribution in [3.63, 3.8) is 0 Å². The normalized spacial score (nSPS) is 15.5. The standard InChI is InChI=1S/C20H28N6O5S/c1-5-32(29,30)25-8-6-16(7-9-25)19(28)31-12-18(27)23-17-11-15(4)24-26(17)20-21-13(2)10-14(3)22-20/h10-11,16H,5-9,12H2,1-4H3,(H,23,27). The minimum Gasteiger partial charge on any atom is -0.455 e. The molecule has 0 radical (unpaired) electrons. The molecule has 2 aromatic heterocycles. The quantitative estimate of drug-likeness (QED) is 0.602. The van der Waals surface area contributed by atoms with E-state index in [0.29, 0.717) is 30.3 Å². The molecule has 0 atom stereocenters. The zero-order valence-corrected chi connectivity index (χ0v) is 19.5. The number of nitrogens with zero attached hydrogens (tertiary/aromatic N) is 5. The zero-order valence-electron chi connectivity index (χ0n) is 18.7. The molecule has 1 saturated heterocycles. The van der Waals surface area contributed by atoms with E-state index in [-0.39, 0.29) is 18.8 Å². The molecular formula is C20H28N6O5S. The number of aryl methyl sites for hydroxylation is 3. The molecule has 0 saturated carbocycles. The molecule has 1 fully saturated rings. The lowest BCUT2D eigenvalue weighted by Gasteiger charge is -2.29. The van der Waals surface area contributed by atoms with E-state index in [1.54, 1.807) is 19.9 Å². The first kappa shape index (κ1) is 23.8. The van der Waals surface area contributed by atoms with Gasteiger partial charge in [0.2, 0.25) is 10.0 Å². The highest BCUT2D eigenvalue weighted by Crippen LogP contribution is 2.21. The third kappa shape index (κ3) is 5.68. The number of carbonyl (C=O) groups is 2. The third-order valence-corrected chi connectivity index (χ3v) is 7.03. The summed E-state index contributed by atoms with van der Waals surface area (Å²) >= 11 is 0. The van der Waals surface area contributed by atoms with Crippen LogP contribution in [0.3, 0.4) is 0 Å². The van der Waals surface area contributed by atoms with Crippen LogP contribution in [-0.4, -0.2) is 69.8 Å². The van der Waals surface area contributed by atoms with Crippen molar-refractivity contribution in [3.05, 3.63) is 29.2 Å². The van der Waals surface area contributed by atoms with Crippen LogP contribution in [0, 0.1) is 26.7 Å². The van der Waals surface area contributed by atoms with E-state index in [9.17, 15) is 18.0 Å². The van der Waals surface area contributed by atoms with Gasteiger partial charge in [0.1, 0.15) is 5.82 Å². The molecule has 0 aliphatic carbocycles. The van der Waals surface area contributed by atoms with Gasteiger partial charge in [-0.25, -0.2) is 22.7 Å². The lowest BCUT2D eigenvalue weighted by Crippen LogP contribution is -2.41. The highest BCUT2D eigenvalue weighted by atomic mass is 32.2. The van der Waals surface area contributed by atoms with E-state index in [4.69, 9.17) is 4.74 Å². The predicted octanol–water partition coefficient (Wildman–Crippen LogP) is 1.13. The summed E-state index contributed by atoms with van der Waals surface area (Å²) in [5, 5.41) is 7.01. The van der Waals surface area contributed by atoms with Crippen LogP contribution in [0.2, 0.25) is 0 Å². The van der Waals surface area contributed by atoms with Gasteiger partial charge in [0.05, 0.1) is 17.4 Å². The number of piperidine rings is 1. The molecule has 174 valence electrons. The number of sulfonamides is 1. The van der Waals surface area contributed by atoms with Crippen LogP contribution in [0.25, 0.3) is 5.95 Å². The van der Waals surface area contributed by atoms with Crippen LogP contribution in [-0.2, 0) is 24.3 Å². The minimum absolute atomic E-state index is 0.0332. The van der Waals surface area contributed by atoms with E-state index in [0.717, 1.165) is 11.4 Å². The fourth-order valence-corrected chi connectivity index (χ4v) is 4.66.